The molecule has 17 heavy (non-hydrogen) atoms. The van der Waals surface area contributed by atoms with Crippen LogP contribution in [0.4, 0.5) is 10.5 Å². The number of carbonyl (C=O) groups excluding carboxylic acids is 1. The zero-order valence-corrected chi connectivity index (χ0v) is 9.40. The van der Waals surface area contributed by atoms with Crippen LogP contribution >= 0.6 is 0 Å². The monoisotopic (exact) mass is 238 g/mol. The Bertz CT molecular complexity index is 406. The molecule has 0 aliphatic carbocycles. The quantitative estimate of drug-likeness (QED) is 0.721. The SMILES string of the molecule is CCOc1ccccc1NC(=O)NCC(=O)O. The predicted molar refractivity (Wildman–Crippen MR) is 62.3 cm³/mol. The van der Waals surface area contributed by atoms with Crippen LogP contribution in [0.3, 0.4) is 0 Å². The molecule has 1 aromatic rings. The van der Waals surface area contributed by atoms with Crippen LogP contribution in [0.2, 0.25) is 0 Å². The third-order valence-corrected chi connectivity index (χ3v) is 1.84. The number of hydrogen-bond acceptors (Lipinski definition) is 3. The van der Waals surface area contributed by atoms with Crippen LogP contribution in [0.1, 0.15) is 6.92 Å². The number of rotatable bonds is 5. The summed E-state index contributed by atoms with van der Waals surface area (Å²) in [5.74, 6) is -0.557. The normalized spacial score (nSPS) is 9.47. The van der Waals surface area contributed by atoms with Crippen molar-refractivity contribution in [3.63, 3.8) is 0 Å². The lowest BCUT2D eigenvalue weighted by atomic mass is 10.3. The lowest BCUT2D eigenvalue weighted by Gasteiger charge is -2.11. The van der Waals surface area contributed by atoms with E-state index in [1.165, 1.54) is 0 Å². The second kappa shape index (κ2) is 6.37. The van der Waals surface area contributed by atoms with Crippen LogP contribution in [0, 0.1) is 0 Å². The number of para-hydroxylation sites is 2. The van der Waals surface area contributed by atoms with E-state index in [-0.39, 0.29) is 0 Å². The molecule has 0 heterocycles. The number of urea groups is 1. The van der Waals surface area contributed by atoms with E-state index in [9.17, 15) is 9.59 Å². The average Bonchev–Trinajstić information content (AvgIpc) is 2.29. The summed E-state index contributed by atoms with van der Waals surface area (Å²) in [6, 6.07) is 6.34. The van der Waals surface area contributed by atoms with Crippen molar-refractivity contribution in [3.05, 3.63) is 24.3 Å². The maximum atomic E-state index is 11.3. The summed E-state index contributed by atoms with van der Waals surface area (Å²) in [5, 5.41) is 13.1. The van der Waals surface area contributed by atoms with Gasteiger partial charge >= 0.3 is 12.0 Å². The van der Waals surface area contributed by atoms with Gasteiger partial charge in [-0.25, -0.2) is 4.79 Å². The Kier molecular flexibility index (Phi) is 4.80. The fraction of sp³-hybridized carbons (Fsp3) is 0.273. The van der Waals surface area contributed by atoms with Gasteiger partial charge in [0.15, 0.2) is 0 Å². The van der Waals surface area contributed by atoms with Gasteiger partial charge in [-0.3, -0.25) is 4.79 Å². The first-order valence-electron chi connectivity index (χ1n) is 5.12. The van der Waals surface area contributed by atoms with Gasteiger partial charge in [0, 0.05) is 0 Å². The second-order valence-corrected chi connectivity index (χ2v) is 3.13. The molecule has 0 aliphatic rings. The Labute approximate surface area is 98.6 Å². The van der Waals surface area contributed by atoms with E-state index in [0.29, 0.717) is 18.0 Å². The number of carboxylic acid groups (broad SMARTS) is 1. The van der Waals surface area contributed by atoms with Crippen molar-refractivity contribution in [2.24, 2.45) is 0 Å². The molecule has 0 spiro atoms. The predicted octanol–water partition coefficient (Wildman–Crippen LogP) is 1.29. The summed E-state index contributed by atoms with van der Waals surface area (Å²) in [7, 11) is 0. The molecule has 6 nitrogen and oxygen atoms in total. The van der Waals surface area contributed by atoms with Crippen LogP contribution in [0.15, 0.2) is 24.3 Å². The molecule has 1 rings (SSSR count). The van der Waals surface area contributed by atoms with Crippen molar-refractivity contribution in [2.75, 3.05) is 18.5 Å². The standard InChI is InChI=1S/C11H14N2O4/c1-2-17-9-6-4-3-5-8(9)13-11(16)12-7-10(14)15/h3-6H,2,7H2,1H3,(H,14,15)(H2,12,13,16). The first kappa shape index (κ1) is 12.8. The highest BCUT2D eigenvalue weighted by molar-refractivity contribution is 5.92. The van der Waals surface area contributed by atoms with Gasteiger partial charge in [0.25, 0.3) is 0 Å². The van der Waals surface area contributed by atoms with Gasteiger partial charge in [0.1, 0.15) is 12.3 Å². The van der Waals surface area contributed by atoms with Crippen molar-refractivity contribution in [1.82, 2.24) is 5.32 Å². The van der Waals surface area contributed by atoms with Crippen molar-refractivity contribution in [1.29, 1.82) is 0 Å². The summed E-state index contributed by atoms with van der Waals surface area (Å²) < 4.78 is 5.30. The number of carboxylic acids is 1. The number of amides is 2. The van der Waals surface area contributed by atoms with Crippen molar-refractivity contribution in [2.45, 2.75) is 6.92 Å². The van der Waals surface area contributed by atoms with E-state index in [1.54, 1.807) is 24.3 Å². The molecule has 0 saturated heterocycles. The summed E-state index contributed by atoms with van der Waals surface area (Å²) in [5.41, 5.74) is 0.497. The fourth-order valence-electron chi connectivity index (χ4n) is 1.17. The molecule has 0 radical (unpaired) electrons. The van der Waals surface area contributed by atoms with Crippen molar-refractivity contribution < 1.29 is 19.4 Å². The maximum absolute atomic E-state index is 11.3. The third kappa shape index (κ3) is 4.42. The fourth-order valence-corrected chi connectivity index (χ4v) is 1.17. The Morgan fingerprint density at radius 3 is 2.71 bits per heavy atom. The maximum Gasteiger partial charge on any atom is 0.323 e. The Hall–Kier alpha value is -2.24. The third-order valence-electron chi connectivity index (χ3n) is 1.84. The number of anilines is 1. The van der Waals surface area contributed by atoms with Gasteiger partial charge in [-0.2, -0.15) is 0 Å². The summed E-state index contributed by atoms with van der Waals surface area (Å²) in [4.78, 5) is 21.6. The van der Waals surface area contributed by atoms with Gasteiger partial charge in [0.2, 0.25) is 0 Å². The number of hydrogen-bond donors (Lipinski definition) is 3. The number of ether oxygens (including phenoxy) is 1. The summed E-state index contributed by atoms with van der Waals surface area (Å²) >= 11 is 0. The molecular formula is C11H14N2O4. The number of nitrogens with one attached hydrogen (secondary N) is 2. The summed E-state index contributed by atoms with van der Waals surface area (Å²) in [6.45, 7) is 1.89. The lowest BCUT2D eigenvalue weighted by molar-refractivity contribution is -0.135. The highest BCUT2D eigenvalue weighted by atomic mass is 16.5. The minimum Gasteiger partial charge on any atom is -0.492 e. The Balaban J connectivity index is 2.61. The molecule has 0 bridgehead atoms. The van der Waals surface area contributed by atoms with E-state index >= 15 is 0 Å². The average molecular weight is 238 g/mol. The van der Waals surface area contributed by atoms with Crippen LogP contribution in [0.25, 0.3) is 0 Å². The molecule has 0 aliphatic heterocycles. The summed E-state index contributed by atoms with van der Waals surface area (Å²) in [6.07, 6.45) is 0. The van der Waals surface area contributed by atoms with Crippen LogP contribution in [-0.4, -0.2) is 30.3 Å². The van der Waals surface area contributed by atoms with E-state index < -0.39 is 18.5 Å². The number of benzene rings is 1. The minimum atomic E-state index is -1.10. The smallest absolute Gasteiger partial charge is 0.323 e. The minimum absolute atomic E-state index is 0.428. The Morgan fingerprint density at radius 1 is 1.35 bits per heavy atom. The molecular weight excluding hydrogens is 224 g/mol. The number of aliphatic carboxylic acids is 1. The zero-order valence-electron chi connectivity index (χ0n) is 9.40. The van der Waals surface area contributed by atoms with E-state index in [1.807, 2.05) is 6.92 Å². The van der Waals surface area contributed by atoms with Crippen LogP contribution < -0.4 is 15.4 Å². The zero-order chi connectivity index (χ0) is 12.7. The van der Waals surface area contributed by atoms with E-state index in [4.69, 9.17) is 9.84 Å². The Morgan fingerprint density at radius 2 is 2.06 bits per heavy atom. The molecule has 0 aromatic heterocycles. The highest BCUT2D eigenvalue weighted by Gasteiger charge is 2.07. The molecule has 92 valence electrons. The van der Waals surface area contributed by atoms with Crippen molar-refractivity contribution >= 4 is 17.7 Å². The lowest BCUT2D eigenvalue weighted by Crippen LogP contribution is -2.33. The van der Waals surface area contributed by atoms with Gasteiger partial charge in [-0.15, -0.1) is 0 Å². The first-order valence-corrected chi connectivity index (χ1v) is 5.12. The van der Waals surface area contributed by atoms with E-state index in [0.717, 1.165) is 0 Å². The van der Waals surface area contributed by atoms with Crippen LogP contribution in [0.5, 0.6) is 5.75 Å². The molecule has 6 heteroatoms. The molecule has 0 fully saturated rings. The second-order valence-electron chi connectivity index (χ2n) is 3.13. The topological polar surface area (TPSA) is 87.7 Å². The van der Waals surface area contributed by atoms with Crippen molar-refractivity contribution in [3.8, 4) is 5.75 Å². The number of carbonyl (C=O) groups is 2. The largest absolute Gasteiger partial charge is 0.492 e. The highest BCUT2D eigenvalue weighted by Crippen LogP contribution is 2.23. The molecule has 2 amide bonds. The molecule has 0 saturated carbocycles. The van der Waals surface area contributed by atoms with Gasteiger partial charge < -0.3 is 20.5 Å². The van der Waals surface area contributed by atoms with Gasteiger partial charge in [0.05, 0.1) is 12.3 Å². The first-order chi connectivity index (χ1) is 8.13. The molecule has 0 atom stereocenters. The van der Waals surface area contributed by atoms with Crippen LogP contribution in [-0.2, 0) is 4.79 Å². The molecule has 0 unspecified atom stereocenters. The molecule has 1 aromatic carbocycles. The van der Waals surface area contributed by atoms with Gasteiger partial charge in [-0.05, 0) is 19.1 Å². The molecule has 3 N–H and O–H groups in total. The van der Waals surface area contributed by atoms with Gasteiger partial charge in [-0.1, -0.05) is 12.1 Å². The van der Waals surface area contributed by atoms with E-state index in [2.05, 4.69) is 10.6 Å².